The minimum Gasteiger partial charge on any atom is -0.494 e. The Morgan fingerprint density at radius 1 is 1.38 bits per heavy atom. The smallest absolute Gasteiger partial charge is 0.165 e. The number of nitrogens with one attached hydrogen (secondary N) is 1. The number of ether oxygens (including phenoxy) is 2. The molecule has 1 fully saturated rings. The number of benzene rings is 1. The van der Waals surface area contributed by atoms with Gasteiger partial charge in [-0.15, -0.1) is 0 Å². The van der Waals surface area contributed by atoms with Gasteiger partial charge in [-0.3, -0.25) is 11.3 Å². The summed E-state index contributed by atoms with van der Waals surface area (Å²) in [7, 11) is 1.46. The quantitative estimate of drug-likeness (QED) is 0.662. The summed E-state index contributed by atoms with van der Waals surface area (Å²) in [6.07, 6.45) is 0.870. The Hall–Kier alpha value is -1.17. The summed E-state index contributed by atoms with van der Waals surface area (Å²) in [4.78, 5) is 0. The largest absolute Gasteiger partial charge is 0.494 e. The van der Waals surface area contributed by atoms with Gasteiger partial charge in [0.1, 0.15) is 0 Å². The predicted molar refractivity (Wildman–Crippen MR) is 80.4 cm³/mol. The SMILES string of the molecule is COc1cc(C(NN)C2CC(C)(C)OC2(C)C)ccc1F. The Morgan fingerprint density at radius 3 is 2.52 bits per heavy atom. The van der Waals surface area contributed by atoms with Gasteiger partial charge in [0.25, 0.3) is 0 Å². The average Bonchev–Trinajstić information content (AvgIpc) is 2.60. The van der Waals surface area contributed by atoms with E-state index in [-0.39, 0.29) is 34.7 Å². The summed E-state index contributed by atoms with van der Waals surface area (Å²) in [6.45, 7) is 8.29. The average molecular weight is 296 g/mol. The van der Waals surface area contributed by atoms with Crippen LogP contribution >= 0.6 is 0 Å². The van der Waals surface area contributed by atoms with Gasteiger partial charge in [0, 0.05) is 5.92 Å². The van der Waals surface area contributed by atoms with E-state index < -0.39 is 0 Å². The summed E-state index contributed by atoms with van der Waals surface area (Å²) < 4.78 is 24.8. The second kappa shape index (κ2) is 5.55. The fraction of sp³-hybridized carbons (Fsp3) is 0.625. The van der Waals surface area contributed by atoms with Crippen molar-refractivity contribution in [2.24, 2.45) is 11.8 Å². The Labute approximate surface area is 125 Å². The molecule has 3 N–H and O–H groups in total. The van der Waals surface area contributed by atoms with Gasteiger partial charge in [-0.25, -0.2) is 4.39 Å². The third-order valence-corrected chi connectivity index (χ3v) is 4.26. The summed E-state index contributed by atoms with van der Waals surface area (Å²) in [5, 5.41) is 0. The highest BCUT2D eigenvalue weighted by molar-refractivity contribution is 5.33. The van der Waals surface area contributed by atoms with Gasteiger partial charge in [0.2, 0.25) is 0 Å². The van der Waals surface area contributed by atoms with Crippen molar-refractivity contribution in [3.63, 3.8) is 0 Å². The monoisotopic (exact) mass is 296 g/mol. The van der Waals surface area contributed by atoms with Crippen LogP contribution in [0.3, 0.4) is 0 Å². The first kappa shape index (κ1) is 16.2. The third kappa shape index (κ3) is 3.20. The van der Waals surface area contributed by atoms with Crippen LogP contribution in [-0.2, 0) is 4.74 Å². The molecule has 1 aliphatic rings. The molecule has 0 amide bonds. The van der Waals surface area contributed by atoms with Crippen molar-refractivity contribution in [3.05, 3.63) is 29.6 Å². The molecule has 2 atom stereocenters. The second-order valence-corrected chi connectivity index (χ2v) is 6.81. The molecule has 0 aromatic heterocycles. The Kier molecular flexibility index (Phi) is 4.29. The molecule has 1 aromatic carbocycles. The number of hydrogen-bond acceptors (Lipinski definition) is 4. The third-order valence-electron chi connectivity index (χ3n) is 4.26. The second-order valence-electron chi connectivity index (χ2n) is 6.81. The zero-order valence-electron chi connectivity index (χ0n) is 13.4. The topological polar surface area (TPSA) is 56.5 Å². The van der Waals surface area contributed by atoms with E-state index in [0.717, 1.165) is 12.0 Å². The lowest BCUT2D eigenvalue weighted by Gasteiger charge is -2.33. The Morgan fingerprint density at radius 2 is 2.05 bits per heavy atom. The zero-order chi connectivity index (χ0) is 15.8. The van der Waals surface area contributed by atoms with Crippen LogP contribution in [0, 0.1) is 11.7 Å². The fourth-order valence-corrected chi connectivity index (χ4v) is 3.44. The molecule has 1 aromatic rings. The van der Waals surface area contributed by atoms with Crippen LogP contribution in [0.25, 0.3) is 0 Å². The van der Waals surface area contributed by atoms with Gasteiger partial charge in [-0.05, 0) is 51.8 Å². The molecule has 2 rings (SSSR count). The molecule has 0 radical (unpaired) electrons. The fourth-order valence-electron chi connectivity index (χ4n) is 3.44. The summed E-state index contributed by atoms with van der Waals surface area (Å²) in [5.41, 5.74) is 3.25. The summed E-state index contributed by atoms with van der Waals surface area (Å²) in [5.74, 6) is 5.81. The van der Waals surface area contributed by atoms with E-state index in [1.807, 2.05) is 0 Å². The molecule has 0 spiro atoms. The molecular formula is C16H25FN2O2. The van der Waals surface area contributed by atoms with Crippen molar-refractivity contribution in [2.75, 3.05) is 7.11 Å². The van der Waals surface area contributed by atoms with Gasteiger partial charge in [-0.2, -0.15) is 0 Å². The van der Waals surface area contributed by atoms with Gasteiger partial charge in [-0.1, -0.05) is 6.07 Å². The van der Waals surface area contributed by atoms with Crippen LogP contribution in [0.5, 0.6) is 5.75 Å². The van der Waals surface area contributed by atoms with Gasteiger partial charge in [0.05, 0.1) is 24.4 Å². The van der Waals surface area contributed by atoms with E-state index >= 15 is 0 Å². The summed E-state index contributed by atoms with van der Waals surface area (Å²) >= 11 is 0. The van der Waals surface area contributed by atoms with Crippen molar-refractivity contribution in [3.8, 4) is 5.75 Å². The number of hydrazine groups is 1. The van der Waals surface area contributed by atoms with Crippen LogP contribution in [0.1, 0.15) is 45.7 Å². The van der Waals surface area contributed by atoms with Crippen molar-refractivity contribution in [1.82, 2.24) is 5.43 Å². The number of halogens is 1. The standard InChI is InChI=1S/C16H25FN2O2/c1-15(2)9-11(16(3,4)21-15)14(19-18)10-6-7-12(17)13(8-10)20-5/h6-8,11,14,19H,9,18H2,1-5H3. The van der Waals surface area contributed by atoms with Crippen molar-refractivity contribution >= 4 is 0 Å². The molecule has 4 nitrogen and oxygen atoms in total. The molecule has 0 bridgehead atoms. The van der Waals surface area contributed by atoms with Gasteiger partial charge < -0.3 is 9.47 Å². The van der Waals surface area contributed by atoms with Crippen LogP contribution in [-0.4, -0.2) is 18.3 Å². The molecule has 118 valence electrons. The lowest BCUT2D eigenvalue weighted by molar-refractivity contribution is -0.0779. The molecular weight excluding hydrogens is 271 g/mol. The number of methoxy groups -OCH3 is 1. The molecule has 0 aliphatic carbocycles. The minimum absolute atomic E-state index is 0.128. The number of hydrogen-bond donors (Lipinski definition) is 2. The Bertz CT molecular complexity index is 517. The normalized spacial score (nSPS) is 24.8. The number of nitrogens with two attached hydrogens (primary N) is 1. The maximum Gasteiger partial charge on any atom is 0.165 e. The van der Waals surface area contributed by atoms with Crippen molar-refractivity contribution in [1.29, 1.82) is 0 Å². The first-order chi connectivity index (χ1) is 9.70. The van der Waals surface area contributed by atoms with Crippen LogP contribution < -0.4 is 16.0 Å². The molecule has 21 heavy (non-hydrogen) atoms. The zero-order valence-corrected chi connectivity index (χ0v) is 13.4. The first-order valence-corrected chi connectivity index (χ1v) is 7.20. The van der Waals surface area contributed by atoms with Crippen molar-refractivity contribution < 1.29 is 13.9 Å². The highest BCUT2D eigenvalue weighted by Crippen LogP contribution is 2.47. The molecule has 5 heteroatoms. The highest BCUT2D eigenvalue weighted by atomic mass is 19.1. The molecule has 1 saturated heterocycles. The highest BCUT2D eigenvalue weighted by Gasteiger charge is 2.49. The van der Waals surface area contributed by atoms with E-state index in [1.165, 1.54) is 13.2 Å². The van der Waals surface area contributed by atoms with E-state index in [9.17, 15) is 4.39 Å². The molecule has 2 unspecified atom stereocenters. The number of rotatable bonds is 4. The predicted octanol–water partition coefficient (Wildman–Crippen LogP) is 2.93. The van der Waals surface area contributed by atoms with E-state index in [2.05, 4.69) is 33.1 Å². The van der Waals surface area contributed by atoms with E-state index in [1.54, 1.807) is 12.1 Å². The van der Waals surface area contributed by atoms with Crippen LogP contribution in [0.4, 0.5) is 4.39 Å². The summed E-state index contributed by atoms with van der Waals surface area (Å²) in [6, 6.07) is 4.72. The van der Waals surface area contributed by atoms with E-state index in [4.69, 9.17) is 15.3 Å². The molecule has 0 saturated carbocycles. The maximum atomic E-state index is 13.6. The molecule has 1 heterocycles. The van der Waals surface area contributed by atoms with Gasteiger partial charge >= 0.3 is 0 Å². The Balaban J connectivity index is 2.36. The molecule has 1 aliphatic heterocycles. The first-order valence-electron chi connectivity index (χ1n) is 7.20. The minimum atomic E-state index is -0.376. The van der Waals surface area contributed by atoms with E-state index in [0.29, 0.717) is 0 Å². The lowest BCUT2D eigenvalue weighted by atomic mass is 9.79. The maximum absolute atomic E-state index is 13.6. The van der Waals surface area contributed by atoms with Gasteiger partial charge in [0.15, 0.2) is 11.6 Å². The lowest BCUT2D eigenvalue weighted by Crippen LogP contribution is -2.41. The van der Waals surface area contributed by atoms with Crippen LogP contribution in [0.2, 0.25) is 0 Å². The van der Waals surface area contributed by atoms with Crippen molar-refractivity contribution in [2.45, 2.75) is 51.4 Å². The van der Waals surface area contributed by atoms with Crippen LogP contribution in [0.15, 0.2) is 18.2 Å².